The second-order valence-electron chi connectivity index (χ2n) is 9.83. The molecule has 178 valence electrons. The zero-order valence-electron chi connectivity index (χ0n) is 19.5. The highest BCUT2D eigenvalue weighted by Crippen LogP contribution is 2.28. The van der Waals surface area contributed by atoms with E-state index in [4.69, 9.17) is 4.74 Å². The van der Waals surface area contributed by atoms with Gasteiger partial charge >= 0.3 is 6.09 Å². The van der Waals surface area contributed by atoms with Crippen LogP contribution in [0.3, 0.4) is 0 Å². The number of fused-ring (bicyclic) bond motifs is 1. The number of nitrogens with zero attached hydrogens (tertiary/aromatic N) is 1. The van der Waals surface area contributed by atoms with Gasteiger partial charge in [0.25, 0.3) is 5.91 Å². The Morgan fingerprint density at radius 3 is 2.48 bits per heavy atom. The van der Waals surface area contributed by atoms with E-state index in [1.54, 1.807) is 46.8 Å². The number of hydrogen-bond donors (Lipinski definition) is 3. The first-order valence-electron chi connectivity index (χ1n) is 10.8. The molecule has 10 heteroatoms. The first-order valence-corrected chi connectivity index (χ1v) is 10.8. The molecule has 2 aliphatic rings. The zero-order valence-corrected chi connectivity index (χ0v) is 19.5. The van der Waals surface area contributed by atoms with Crippen LogP contribution >= 0.6 is 0 Å². The van der Waals surface area contributed by atoms with E-state index in [0.717, 1.165) is 11.1 Å². The number of carbonyl (C=O) groups excluding carboxylic acids is 5. The van der Waals surface area contributed by atoms with Gasteiger partial charge in [-0.15, -0.1) is 0 Å². The summed E-state index contributed by atoms with van der Waals surface area (Å²) in [5, 5.41) is 7.63. The van der Waals surface area contributed by atoms with E-state index >= 15 is 0 Å². The Balaban J connectivity index is 1.61. The molecule has 2 heterocycles. The summed E-state index contributed by atoms with van der Waals surface area (Å²) in [7, 11) is 0. The molecular weight excluding hydrogens is 428 g/mol. The van der Waals surface area contributed by atoms with E-state index in [1.165, 1.54) is 4.90 Å². The first-order chi connectivity index (χ1) is 15.3. The summed E-state index contributed by atoms with van der Waals surface area (Å²) in [6, 6.07) is 4.55. The van der Waals surface area contributed by atoms with Crippen LogP contribution in [0.25, 0.3) is 0 Å². The third-order valence-corrected chi connectivity index (χ3v) is 5.42. The van der Waals surface area contributed by atoms with E-state index < -0.39 is 35.1 Å². The number of amides is 5. The third-order valence-electron chi connectivity index (χ3n) is 5.42. The minimum Gasteiger partial charge on any atom is -0.444 e. The lowest BCUT2D eigenvalue weighted by molar-refractivity contribution is -0.137. The molecule has 0 spiro atoms. The van der Waals surface area contributed by atoms with E-state index in [0.29, 0.717) is 12.0 Å². The predicted octanol–water partition coefficient (Wildman–Crippen LogP) is 1.37. The summed E-state index contributed by atoms with van der Waals surface area (Å²) in [5.41, 5.74) is 0.148. The van der Waals surface area contributed by atoms with Crippen molar-refractivity contribution in [1.82, 2.24) is 20.9 Å². The van der Waals surface area contributed by atoms with Crippen LogP contribution in [0.5, 0.6) is 0 Å². The van der Waals surface area contributed by atoms with Gasteiger partial charge < -0.3 is 20.3 Å². The number of carbonyl (C=O) groups is 5. The molecule has 0 aliphatic carbocycles. The van der Waals surface area contributed by atoms with Crippen molar-refractivity contribution in [2.75, 3.05) is 0 Å². The topological polar surface area (TPSA) is 134 Å². The fourth-order valence-electron chi connectivity index (χ4n) is 3.76. The maximum Gasteiger partial charge on any atom is 0.408 e. The fraction of sp³-hybridized carbons (Fsp3) is 0.522. The Labute approximate surface area is 192 Å². The van der Waals surface area contributed by atoms with Crippen LogP contribution in [-0.2, 0) is 32.2 Å². The number of benzene rings is 1. The molecule has 5 amide bonds. The van der Waals surface area contributed by atoms with E-state index in [9.17, 15) is 24.0 Å². The highest BCUT2D eigenvalue weighted by molar-refractivity contribution is 6.05. The van der Waals surface area contributed by atoms with Crippen LogP contribution in [0, 0.1) is 0 Å². The van der Waals surface area contributed by atoms with Crippen LogP contribution in [0.15, 0.2) is 18.2 Å². The average Bonchev–Trinajstić information content (AvgIpc) is 3.00. The monoisotopic (exact) mass is 458 g/mol. The summed E-state index contributed by atoms with van der Waals surface area (Å²) in [4.78, 5) is 62.5. The number of nitrogens with one attached hydrogen (secondary N) is 3. The molecule has 1 unspecified atom stereocenters. The number of imide groups is 1. The van der Waals surface area contributed by atoms with E-state index in [-0.39, 0.29) is 31.3 Å². The van der Waals surface area contributed by atoms with Gasteiger partial charge in [-0.25, -0.2) is 4.79 Å². The molecule has 33 heavy (non-hydrogen) atoms. The van der Waals surface area contributed by atoms with Crippen molar-refractivity contribution in [3.05, 3.63) is 34.9 Å². The second kappa shape index (κ2) is 8.84. The van der Waals surface area contributed by atoms with Gasteiger partial charge in [0.15, 0.2) is 0 Å². The number of alkyl carbamates (subject to hydrolysis) is 1. The summed E-state index contributed by atoms with van der Waals surface area (Å²) in [5.74, 6) is -1.44. The number of hydrogen-bond acceptors (Lipinski definition) is 6. The fourth-order valence-corrected chi connectivity index (χ4v) is 3.76. The maximum absolute atomic E-state index is 12.8. The molecule has 1 aromatic carbocycles. The Bertz CT molecular complexity index is 1010. The smallest absolute Gasteiger partial charge is 0.408 e. The number of piperidine rings is 1. The van der Waals surface area contributed by atoms with Gasteiger partial charge in [-0.3, -0.25) is 24.5 Å². The van der Waals surface area contributed by atoms with Crippen molar-refractivity contribution in [3.8, 4) is 0 Å². The number of ether oxygens (including phenoxy) is 1. The quantitative estimate of drug-likeness (QED) is 0.571. The summed E-state index contributed by atoms with van der Waals surface area (Å²) >= 11 is 0. The number of rotatable bonds is 5. The van der Waals surface area contributed by atoms with Crippen molar-refractivity contribution in [3.63, 3.8) is 0 Å². The lowest BCUT2D eigenvalue weighted by Crippen LogP contribution is -2.55. The molecule has 1 fully saturated rings. The molecule has 3 rings (SSSR count). The van der Waals surface area contributed by atoms with E-state index in [1.807, 2.05) is 6.07 Å². The Morgan fingerprint density at radius 2 is 1.85 bits per heavy atom. The molecule has 10 nitrogen and oxygen atoms in total. The largest absolute Gasteiger partial charge is 0.444 e. The van der Waals surface area contributed by atoms with Gasteiger partial charge in [0.2, 0.25) is 17.7 Å². The first kappa shape index (κ1) is 24.2. The lowest BCUT2D eigenvalue weighted by atomic mass is 10.0. The van der Waals surface area contributed by atoms with Gasteiger partial charge in [0, 0.05) is 25.1 Å². The normalized spacial score (nSPS) is 18.5. The van der Waals surface area contributed by atoms with Gasteiger partial charge in [-0.1, -0.05) is 12.1 Å². The highest BCUT2D eigenvalue weighted by atomic mass is 16.6. The molecule has 1 saturated heterocycles. The van der Waals surface area contributed by atoms with Crippen molar-refractivity contribution in [2.45, 2.75) is 77.7 Å². The van der Waals surface area contributed by atoms with Crippen molar-refractivity contribution >= 4 is 29.7 Å². The van der Waals surface area contributed by atoms with Gasteiger partial charge in [-0.2, -0.15) is 0 Å². The molecule has 2 aliphatic heterocycles. The van der Waals surface area contributed by atoms with Crippen LogP contribution in [-0.4, -0.2) is 51.8 Å². The van der Waals surface area contributed by atoms with Crippen LogP contribution in [0.2, 0.25) is 0 Å². The molecule has 1 atom stereocenters. The third kappa shape index (κ3) is 5.68. The van der Waals surface area contributed by atoms with Gasteiger partial charge in [0.05, 0.1) is 0 Å². The van der Waals surface area contributed by atoms with Crippen molar-refractivity contribution in [1.29, 1.82) is 0 Å². The van der Waals surface area contributed by atoms with Crippen LogP contribution in [0.4, 0.5) is 4.79 Å². The van der Waals surface area contributed by atoms with E-state index in [2.05, 4.69) is 16.0 Å². The molecule has 1 aromatic rings. The van der Waals surface area contributed by atoms with Crippen LogP contribution < -0.4 is 16.0 Å². The maximum atomic E-state index is 12.8. The van der Waals surface area contributed by atoms with Crippen molar-refractivity contribution < 1.29 is 28.7 Å². The molecule has 0 radical (unpaired) electrons. The van der Waals surface area contributed by atoms with Crippen LogP contribution in [0.1, 0.15) is 68.9 Å². The molecular formula is C23H30N4O6. The standard InChI is InChI=1S/C23H30N4O6/c1-22(2,3)33-21(32)26-23(4,5)20(31)24-11-13-6-7-15-14(10-13)12-27(19(15)30)16-8-9-17(28)25-18(16)29/h6-7,10,16H,8-9,11-12H2,1-5H3,(H,24,31)(H,26,32)(H,25,28,29). The highest BCUT2D eigenvalue weighted by Gasteiger charge is 2.39. The summed E-state index contributed by atoms with van der Waals surface area (Å²) < 4.78 is 5.21. The Hall–Kier alpha value is -3.43. The lowest BCUT2D eigenvalue weighted by Gasteiger charge is -2.29. The van der Waals surface area contributed by atoms with Gasteiger partial charge in [-0.05, 0) is 58.2 Å². The summed E-state index contributed by atoms with van der Waals surface area (Å²) in [6.45, 7) is 8.81. The van der Waals surface area contributed by atoms with Crippen molar-refractivity contribution in [2.24, 2.45) is 0 Å². The molecule has 0 aromatic heterocycles. The Kier molecular flexibility index (Phi) is 6.49. The Morgan fingerprint density at radius 1 is 1.15 bits per heavy atom. The molecule has 0 bridgehead atoms. The predicted molar refractivity (Wildman–Crippen MR) is 118 cm³/mol. The minimum atomic E-state index is -1.20. The second-order valence-corrected chi connectivity index (χ2v) is 9.83. The average molecular weight is 459 g/mol. The van der Waals surface area contributed by atoms with Gasteiger partial charge in [0.1, 0.15) is 17.2 Å². The summed E-state index contributed by atoms with van der Waals surface area (Å²) in [6.07, 6.45) is -0.194. The molecule has 0 saturated carbocycles. The minimum absolute atomic E-state index is 0.193. The SMILES string of the molecule is CC(C)(C)OC(=O)NC(C)(C)C(=O)NCc1ccc2c(c1)CN(C1CCC(=O)NC1=O)C2=O. The zero-order chi connectivity index (χ0) is 24.6. The molecule has 3 N–H and O–H groups in total.